The molecule has 0 aliphatic heterocycles. The largest absolute Gasteiger partial charge is 0.469 e. The van der Waals surface area contributed by atoms with Gasteiger partial charge in [0.15, 0.2) is 0 Å². The van der Waals surface area contributed by atoms with Crippen molar-refractivity contribution in [2.24, 2.45) is 45.5 Å². The molecule has 246 valence electrons. The van der Waals surface area contributed by atoms with Crippen LogP contribution in [0.4, 0.5) is 0 Å². The Morgan fingerprint density at radius 1 is 0.714 bits per heavy atom. The van der Waals surface area contributed by atoms with Crippen LogP contribution in [0.2, 0.25) is 0 Å². The summed E-state index contributed by atoms with van der Waals surface area (Å²) in [6.45, 7) is 8.62. The fourth-order valence-electron chi connectivity index (χ4n) is 3.82. The molecule has 0 aromatic carbocycles. The topological polar surface area (TPSA) is 146 Å². The zero-order chi connectivity index (χ0) is 36.4. The van der Waals surface area contributed by atoms with Gasteiger partial charge in [-0.3, -0.25) is 4.79 Å². The van der Waals surface area contributed by atoms with E-state index in [1.54, 1.807) is 26.9 Å². The van der Waals surface area contributed by atoms with Crippen molar-refractivity contribution in [1.82, 2.24) is 0 Å². The molecule has 0 saturated heterocycles. The van der Waals surface area contributed by atoms with Crippen molar-refractivity contribution in [3.8, 4) is 130 Å². The minimum Gasteiger partial charge on any atom is -0.469 e. The Morgan fingerprint density at radius 2 is 1.16 bits per heavy atom. The molecule has 0 aliphatic carbocycles. The molecule has 0 bridgehead atoms. The summed E-state index contributed by atoms with van der Waals surface area (Å²) in [5.41, 5.74) is 11.6. The summed E-state index contributed by atoms with van der Waals surface area (Å²) >= 11 is 0. The summed E-state index contributed by atoms with van der Waals surface area (Å²) < 4.78 is 34.2. The lowest BCUT2D eigenvalue weighted by molar-refractivity contribution is -0.146. The van der Waals surface area contributed by atoms with Crippen molar-refractivity contribution in [1.29, 1.82) is 0 Å². The van der Waals surface area contributed by atoms with Crippen molar-refractivity contribution in [3.05, 3.63) is 13.1 Å². The Kier molecular flexibility index (Phi) is 25.7. The highest BCUT2D eigenvalue weighted by Crippen LogP contribution is 2.29. The van der Waals surface area contributed by atoms with Crippen molar-refractivity contribution < 1.29 is 22.2 Å². The number of ether oxygens (including phenoxy) is 1. The quantitative estimate of drug-likeness (QED) is 0.118. The summed E-state index contributed by atoms with van der Waals surface area (Å²) in [5.74, 6) is 50.1. The van der Waals surface area contributed by atoms with E-state index in [0.29, 0.717) is 12.8 Å². The molecule has 4 atom stereocenters. The van der Waals surface area contributed by atoms with E-state index in [0.717, 1.165) is 12.8 Å². The van der Waals surface area contributed by atoms with Crippen LogP contribution in [0.3, 0.4) is 0 Å². The molecule has 10 heteroatoms. The molecule has 9 nitrogen and oxygen atoms in total. The monoisotopic (exact) mass is 670 g/mol. The standard InChI is InChI=1S/C39H34N4O5S/c1-5-7-8-9-10-11-12-13-14-15-16-17-18-19-20-21-22-23-24-25-26-28-42-43-48-49(45,46)34-35(3)29-38(39(44)47-4)31-37(33-41)30-36(32-40)27-6-2/h32-33,35-38H,6,27,29-31,34,40-41H2,1-4H3/t35-,36?,37?,38?/m0/s1. The second kappa shape index (κ2) is 29.3. The normalized spacial score (nSPS) is 11.0. The van der Waals surface area contributed by atoms with Crippen molar-refractivity contribution >= 4 is 16.1 Å². The van der Waals surface area contributed by atoms with Crippen molar-refractivity contribution in [3.63, 3.8) is 0 Å². The molecule has 4 N–H and O–H groups in total. The van der Waals surface area contributed by atoms with Crippen LogP contribution in [-0.4, -0.2) is 27.2 Å². The van der Waals surface area contributed by atoms with Gasteiger partial charge in [0.25, 0.3) is 0 Å². The summed E-state index contributed by atoms with van der Waals surface area (Å²) in [5, 5.41) is 6.43. The van der Waals surface area contributed by atoms with Crippen LogP contribution in [0.5, 0.6) is 0 Å². The van der Waals surface area contributed by atoms with Gasteiger partial charge in [-0.05, 0) is 97.7 Å². The number of methoxy groups -OCH3 is 1. The summed E-state index contributed by atoms with van der Waals surface area (Å²) in [4.78, 5) is 12.4. The summed E-state index contributed by atoms with van der Waals surface area (Å²) in [7, 11) is -2.81. The van der Waals surface area contributed by atoms with Gasteiger partial charge < -0.3 is 16.2 Å². The molecule has 0 rings (SSSR count). The molecule has 0 aliphatic rings. The van der Waals surface area contributed by atoms with E-state index in [1.807, 2.05) is 0 Å². The van der Waals surface area contributed by atoms with Crippen molar-refractivity contribution in [2.75, 3.05) is 12.9 Å². The zero-order valence-corrected chi connectivity index (χ0v) is 28.5. The number of rotatable bonds is 15. The van der Waals surface area contributed by atoms with Crippen LogP contribution in [-0.2, 0) is 23.9 Å². The number of hydrogen-bond acceptors (Lipinski definition) is 9. The first-order valence-corrected chi connectivity index (χ1v) is 16.2. The van der Waals surface area contributed by atoms with Crippen LogP contribution in [0, 0.1) is 167 Å². The summed E-state index contributed by atoms with van der Waals surface area (Å²) in [6.07, 6.45) is 3.18. The highest BCUT2D eigenvalue weighted by Gasteiger charge is 2.29. The molecular formula is C39H34N4O5S. The molecule has 49 heavy (non-hydrogen) atoms. The number of nitrogens with two attached hydrogens (primary N) is 2. The first-order chi connectivity index (χ1) is 23.7. The Bertz CT molecular complexity index is 1980. The van der Waals surface area contributed by atoms with Crippen molar-refractivity contribution in [2.45, 2.75) is 52.9 Å². The minimum absolute atomic E-state index is 0.0986. The second-order valence-corrected chi connectivity index (χ2v) is 11.2. The van der Waals surface area contributed by atoms with E-state index >= 15 is 0 Å². The third-order valence-corrected chi connectivity index (χ3v) is 6.98. The lowest BCUT2D eigenvalue weighted by Gasteiger charge is -2.25. The van der Waals surface area contributed by atoms with E-state index < -0.39 is 33.7 Å². The highest BCUT2D eigenvalue weighted by molar-refractivity contribution is 7.86. The Morgan fingerprint density at radius 3 is 1.57 bits per heavy atom. The lowest BCUT2D eigenvalue weighted by Crippen LogP contribution is -2.27. The van der Waals surface area contributed by atoms with Gasteiger partial charge in [0.1, 0.15) is 0 Å². The SMILES string of the molecule is CC#CC#CC#CC#CC#CC#CC#CC#CC#CC#CC#CN=NOS(=O)(=O)C[C@@H](C)CC(CC([CH]N)CC([CH]N)CCC)C(=O)OC. The fourth-order valence-corrected chi connectivity index (χ4v) is 4.85. The number of hydrogen-bond donors (Lipinski definition) is 2. The van der Waals surface area contributed by atoms with Gasteiger partial charge >= 0.3 is 16.1 Å². The van der Waals surface area contributed by atoms with E-state index in [-0.39, 0.29) is 18.3 Å². The van der Waals surface area contributed by atoms with E-state index in [2.05, 4.69) is 152 Å². The van der Waals surface area contributed by atoms with Crippen LogP contribution in [0.1, 0.15) is 52.9 Å². The third-order valence-electron chi connectivity index (χ3n) is 5.71. The molecule has 0 spiro atoms. The smallest absolute Gasteiger partial charge is 0.330 e. The van der Waals surface area contributed by atoms with E-state index in [9.17, 15) is 13.2 Å². The van der Waals surface area contributed by atoms with Crippen LogP contribution in [0.25, 0.3) is 0 Å². The van der Waals surface area contributed by atoms with Gasteiger partial charge in [0.05, 0.1) is 30.1 Å². The van der Waals surface area contributed by atoms with E-state index in [4.69, 9.17) is 16.2 Å². The average Bonchev–Trinajstić information content (AvgIpc) is 3.08. The van der Waals surface area contributed by atoms with E-state index in [1.165, 1.54) is 7.11 Å². The molecule has 0 aromatic heterocycles. The van der Waals surface area contributed by atoms with Gasteiger partial charge in [-0.25, -0.2) is 4.28 Å². The zero-order valence-electron chi connectivity index (χ0n) is 27.7. The first-order valence-electron chi connectivity index (χ1n) is 14.6. The molecule has 0 saturated carbocycles. The van der Waals surface area contributed by atoms with Gasteiger partial charge in [0.2, 0.25) is 0 Å². The lowest BCUT2D eigenvalue weighted by atomic mass is 9.82. The summed E-state index contributed by atoms with van der Waals surface area (Å²) in [6, 6.07) is 2.16. The maximum atomic E-state index is 12.4. The number of nitrogens with zero attached hydrogens (tertiary/aromatic N) is 2. The number of carbonyl (C=O) groups is 1. The second-order valence-electron chi connectivity index (χ2n) is 9.57. The third kappa shape index (κ3) is 25.7. The Labute approximate surface area is 292 Å². The maximum absolute atomic E-state index is 12.4. The molecule has 3 unspecified atom stereocenters. The van der Waals surface area contributed by atoms with Crippen LogP contribution < -0.4 is 11.5 Å². The predicted molar refractivity (Wildman–Crippen MR) is 188 cm³/mol. The Hall–Kier alpha value is -6.10. The molecule has 0 fully saturated rings. The van der Waals surface area contributed by atoms with Crippen LogP contribution in [0.15, 0.2) is 10.4 Å². The number of esters is 1. The molecule has 2 radical (unpaired) electrons. The van der Waals surface area contributed by atoms with Gasteiger partial charge in [-0.1, -0.05) is 31.3 Å². The molecule has 0 amide bonds. The molecule has 0 aromatic rings. The Balaban J connectivity index is 4.86. The number of carbonyl (C=O) groups excluding carboxylic acids is 1. The fraction of sp³-hybridized carbons (Fsp3) is 0.359. The van der Waals surface area contributed by atoms with Gasteiger partial charge in [-0.15, -0.1) is 0 Å². The molecule has 0 heterocycles. The molecular weight excluding hydrogens is 637 g/mol. The highest BCUT2D eigenvalue weighted by atomic mass is 32.2. The average molecular weight is 671 g/mol. The first kappa shape index (κ1) is 42.9. The maximum Gasteiger partial charge on any atom is 0.330 e. The predicted octanol–water partition coefficient (Wildman–Crippen LogP) is 2.58. The van der Waals surface area contributed by atoms with Gasteiger partial charge in [0, 0.05) is 84.1 Å². The van der Waals surface area contributed by atoms with Crippen LogP contribution >= 0.6 is 0 Å². The van der Waals surface area contributed by atoms with Gasteiger partial charge in [-0.2, -0.15) is 8.42 Å². The minimum atomic E-state index is -4.10.